The summed E-state index contributed by atoms with van der Waals surface area (Å²) in [6, 6.07) is 9.64. The van der Waals surface area contributed by atoms with Crippen LogP contribution < -0.4 is 19.9 Å². The molecule has 1 amide bonds. The highest BCUT2D eigenvalue weighted by molar-refractivity contribution is 6.06. The fraction of sp³-hybridized carbons (Fsp3) is 0.190. The number of aromatic nitrogens is 1. The van der Waals surface area contributed by atoms with Crippen molar-refractivity contribution in [2.75, 3.05) is 21.3 Å². The number of carbonyl (C=O) groups excluding carboxylic acids is 1. The third-order valence-corrected chi connectivity index (χ3v) is 4.43. The maximum atomic E-state index is 11.7. The highest BCUT2D eigenvalue weighted by Crippen LogP contribution is 2.38. The van der Waals surface area contributed by atoms with E-state index in [-0.39, 0.29) is 0 Å². The van der Waals surface area contributed by atoms with Crippen LogP contribution in [0.15, 0.2) is 36.5 Å². The van der Waals surface area contributed by atoms with Gasteiger partial charge in [0, 0.05) is 24.1 Å². The number of carbonyl (C=O) groups is 1. The predicted molar refractivity (Wildman–Crippen MR) is 106 cm³/mol. The molecule has 0 aliphatic carbocycles. The standard InChI is InChI=1S/C21H22N2O4/c1-23-12-16(21(22)24)15-9-13(7-8-17(15)23)5-6-14-10-18(25-2)20(27-4)19(11-14)26-3/h5-12H,1-4H3,(H2,22,24)/b6-5-. The van der Waals surface area contributed by atoms with Crippen LogP contribution in [0.25, 0.3) is 23.1 Å². The fourth-order valence-corrected chi connectivity index (χ4v) is 3.10. The second kappa shape index (κ2) is 7.45. The fourth-order valence-electron chi connectivity index (χ4n) is 3.10. The van der Waals surface area contributed by atoms with E-state index in [1.165, 1.54) is 0 Å². The number of amides is 1. The van der Waals surface area contributed by atoms with Gasteiger partial charge in [-0.25, -0.2) is 0 Å². The number of rotatable bonds is 6. The van der Waals surface area contributed by atoms with E-state index in [2.05, 4.69) is 0 Å². The van der Waals surface area contributed by atoms with Gasteiger partial charge < -0.3 is 24.5 Å². The molecule has 0 aliphatic heterocycles. The molecule has 0 aliphatic rings. The van der Waals surface area contributed by atoms with Crippen molar-refractivity contribution in [2.45, 2.75) is 0 Å². The van der Waals surface area contributed by atoms with Gasteiger partial charge in [-0.2, -0.15) is 0 Å². The Morgan fingerprint density at radius 2 is 1.59 bits per heavy atom. The molecule has 140 valence electrons. The van der Waals surface area contributed by atoms with E-state index in [4.69, 9.17) is 19.9 Å². The maximum absolute atomic E-state index is 11.7. The summed E-state index contributed by atoms with van der Waals surface area (Å²) >= 11 is 0. The van der Waals surface area contributed by atoms with Crippen LogP contribution in [0, 0.1) is 0 Å². The summed E-state index contributed by atoms with van der Waals surface area (Å²) in [6.45, 7) is 0. The SMILES string of the molecule is COc1cc(/C=C\c2ccc3c(c2)c(C(N)=O)cn3C)cc(OC)c1OC. The van der Waals surface area contributed by atoms with Crippen LogP contribution in [0.1, 0.15) is 21.5 Å². The minimum absolute atomic E-state index is 0.439. The first-order valence-electron chi connectivity index (χ1n) is 8.35. The van der Waals surface area contributed by atoms with Crippen molar-refractivity contribution in [1.82, 2.24) is 4.57 Å². The number of methoxy groups -OCH3 is 3. The Kier molecular flexibility index (Phi) is 5.07. The maximum Gasteiger partial charge on any atom is 0.250 e. The second-order valence-electron chi connectivity index (χ2n) is 6.09. The van der Waals surface area contributed by atoms with Crippen LogP contribution in [0.5, 0.6) is 17.2 Å². The van der Waals surface area contributed by atoms with E-state index in [1.807, 2.05) is 54.1 Å². The zero-order valence-corrected chi connectivity index (χ0v) is 15.8. The predicted octanol–water partition coefficient (Wildman–Crippen LogP) is 3.47. The van der Waals surface area contributed by atoms with Crippen LogP contribution in [-0.4, -0.2) is 31.8 Å². The van der Waals surface area contributed by atoms with E-state index in [0.717, 1.165) is 22.0 Å². The molecule has 0 bridgehead atoms. The Hall–Kier alpha value is -3.41. The summed E-state index contributed by atoms with van der Waals surface area (Å²) < 4.78 is 18.0. The first-order valence-corrected chi connectivity index (χ1v) is 8.35. The number of nitrogens with two attached hydrogens (primary N) is 1. The van der Waals surface area contributed by atoms with Gasteiger partial charge in [-0.1, -0.05) is 18.2 Å². The van der Waals surface area contributed by atoms with Gasteiger partial charge in [0.05, 0.1) is 26.9 Å². The van der Waals surface area contributed by atoms with Gasteiger partial charge in [-0.3, -0.25) is 4.79 Å². The molecule has 3 aromatic rings. The molecular weight excluding hydrogens is 344 g/mol. The number of hydrogen-bond acceptors (Lipinski definition) is 4. The highest BCUT2D eigenvalue weighted by atomic mass is 16.5. The molecule has 0 saturated heterocycles. The molecule has 0 atom stereocenters. The summed E-state index contributed by atoms with van der Waals surface area (Å²) in [4.78, 5) is 11.7. The monoisotopic (exact) mass is 366 g/mol. The molecule has 27 heavy (non-hydrogen) atoms. The molecule has 6 nitrogen and oxygen atoms in total. The summed E-state index contributed by atoms with van der Waals surface area (Å²) in [5.41, 5.74) is 8.80. The zero-order valence-electron chi connectivity index (χ0n) is 15.8. The van der Waals surface area contributed by atoms with Crippen LogP contribution in [-0.2, 0) is 7.05 Å². The Bertz CT molecular complexity index is 1010. The Morgan fingerprint density at radius 1 is 0.963 bits per heavy atom. The zero-order chi connectivity index (χ0) is 19.6. The Balaban J connectivity index is 2.01. The molecule has 0 saturated carbocycles. The van der Waals surface area contributed by atoms with E-state index in [0.29, 0.717) is 22.8 Å². The van der Waals surface area contributed by atoms with Gasteiger partial charge in [0.15, 0.2) is 11.5 Å². The highest BCUT2D eigenvalue weighted by Gasteiger charge is 2.13. The minimum atomic E-state index is -0.439. The number of fused-ring (bicyclic) bond motifs is 1. The third kappa shape index (κ3) is 3.46. The summed E-state index contributed by atoms with van der Waals surface area (Å²) in [6.07, 6.45) is 5.65. The van der Waals surface area contributed by atoms with Crippen molar-refractivity contribution in [1.29, 1.82) is 0 Å². The van der Waals surface area contributed by atoms with Gasteiger partial charge in [-0.15, -0.1) is 0 Å². The van der Waals surface area contributed by atoms with Gasteiger partial charge in [-0.05, 0) is 35.4 Å². The molecule has 0 fully saturated rings. The van der Waals surface area contributed by atoms with Crippen molar-refractivity contribution >= 4 is 29.0 Å². The van der Waals surface area contributed by atoms with Crippen molar-refractivity contribution in [3.05, 3.63) is 53.2 Å². The summed E-state index contributed by atoms with van der Waals surface area (Å²) in [5, 5.41) is 0.831. The minimum Gasteiger partial charge on any atom is -0.493 e. The molecule has 0 unspecified atom stereocenters. The van der Waals surface area contributed by atoms with E-state index >= 15 is 0 Å². The summed E-state index contributed by atoms with van der Waals surface area (Å²) in [7, 11) is 6.63. The van der Waals surface area contributed by atoms with Crippen molar-refractivity contribution in [2.24, 2.45) is 12.8 Å². The molecule has 3 rings (SSSR count). The first kappa shape index (κ1) is 18.4. The molecule has 6 heteroatoms. The molecule has 1 aromatic heterocycles. The molecule has 0 radical (unpaired) electrons. The lowest BCUT2D eigenvalue weighted by molar-refractivity contribution is 0.100. The quantitative estimate of drug-likeness (QED) is 0.678. The Morgan fingerprint density at radius 3 is 2.15 bits per heavy atom. The van der Waals surface area contributed by atoms with E-state index in [9.17, 15) is 4.79 Å². The van der Waals surface area contributed by atoms with Crippen molar-refractivity contribution < 1.29 is 19.0 Å². The molecule has 2 aromatic carbocycles. The van der Waals surface area contributed by atoms with Crippen molar-refractivity contribution in [3.63, 3.8) is 0 Å². The van der Waals surface area contributed by atoms with Gasteiger partial charge in [0.1, 0.15) is 0 Å². The van der Waals surface area contributed by atoms with Crippen molar-refractivity contribution in [3.8, 4) is 17.2 Å². The van der Waals surface area contributed by atoms with E-state index < -0.39 is 5.91 Å². The number of benzene rings is 2. The number of hydrogen-bond donors (Lipinski definition) is 1. The Labute approximate surface area is 157 Å². The van der Waals surface area contributed by atoms with Crippen LogP contribution >= 0.6 is 0 Å². The number of nitrogens with zero attached hydrogens (tertiary/aromatic N) is 1. The lowest BCUT2D eigenvalue weighted by Gasteiger charge is -2.12. The average molecular weight is 366 g/mol. The lowest BCUT2D eigenvalue weighted by Crippen LogP contribution is -2.10. The van der Waals surface area contributed by atoms with Crippen LogP contribution in [0.4, 0.5) is 0 Å². The first-order chi connectivity index (χ1) is 13.0. The second-order valence-corrected chi connectivity index (χ2v) is 6.09. The molecular formula is C21H22N2O4. The third-order valence-electron chi connectivity index (χ3n) is 4.43. The van der Waals surface area contributed by atoms with Gasteiger partial charge in [0.25, 0.3) is 5.91 Å². The topological polar surface area (TPSA) is 75.7 Å². The number of primary amides is 1. The van der Waals surface area contributed by atoms with Gasteiger partial charge >= 0.3 is 0 Å². The van der Waals surface area contributed by atoms with E-state index in [1.54, 1.807) is 27.5 Å². The van der Waals surface area contributed by atoms with Gasteiger partial charge in [0.2, 0.25) is 5.75 Å². The molecule has 0 spiro atoms. The molecule has 2 N–H and O–H groups in total. The van der Waals surface area contributed by atoms with Crippen LogP contribution in [0.2, 0.25) is 0 Å². The normalized spacial score (nSPS) is 11.1. The number of ether oxygens (including phenoxy) is 3. The lowest BCUT2D eigenvalue weighted by atomic mass is 10.1. The largest absolute Gasteiger partial charge is 0.493 e. The average Bonchev–Trinajstić information content (AvgIpc) is 3.01. The smallest absolute Gasteiger partial charge is 0.250 e. The summed E-state index contributed by atoms with van der Waals surface area (Å²) in [5.74, 6) is 1.29. The number of aryl methyl sites for hydroxylation is 1. The van der Waals surface area contributed by atoms with Crippen LogP contribution in [0.3, 0.4) is 0 Å². The molecule has 1 heterocycles.